The van der Waals surface area contributed by atoms with E-state index < -0.39 is 35.0 Å². The molecule has 0 saturated carbocycles. The lowest BCUT2D eigenvalue weighted by atomic mass is 9.77. The number of carbonyl (C=O) groups is 4. The molecule has 0 spiro atoms. The Labute approximate surface area is 387 Å². The van der Waals surface area contributed by atoms with Crippen molar-refractivity contribution < 1.29 is 42.9 Å². The second kappa shape index (κ2) is 42.0. The molecule has 0 rings (SSSR count). The topological polar surface area (TPSA) is 119 Å². The SMILES string of the molecule is [C-]#[N+]C(C)(CCC(=O)OC[C@@H](COC(=O)CCCCCCCCCCCCCCCCC)OC(=O)CCCCCCCCCCCCCCCCC)CC(C)(C)C(=O)OCCOC. The average molecular weight is 892 g/mol. The minimum absolute atomic E-state index is 0.0630. The van der Waals surface area contributed by atoms with Crippen LogP contribution in [-0.2, 0) is 42.9 Å². The van der Waals surface area contributed by atoms with Gasteiger partial charge in [0.25, 0.3) is 0 Å². The highest BCUT2D eigenvalue weighted by Gasteiger charge is 2.43. The number of nitrogens with zero attached hydrogens (tertiary/aromatic N) is 1. The fraction of sp³-hybridized carbons (Fsp3) is 0.906. The van der Waals surface area contributed by atoms with E-state index in [1.807, 2.05) is 0 Å². The summed E-state index contributed by atoms with van der Waals surface area (Å²) in [5, 5.41) is 0. The van der Waals surface area contributed by atoms with Crippen molar-refractivity contribution in [2.24, 2.45) is 5.41 Å². The second-order valence-corrected chi connectivity index (χ2v) is 19.2. The first kappa shape index (κ1) is 60.3. The summed E-state index contributed by atoms with van der Waals surface area (Å²) in [6.45, 7) is 17.5. The number of ether oxygens (including phenoxy) is 5. The van der Waals surface area contributed by atoms with E-state index >= 15 is 0 Å². The molecule has 1 unspecified atom stereocenters. The lowest BCUT2D eigenvalue weighted by molar-refractivity contribution is -0.167. The Morgan fingerprint density at radius 1 is 0.476 bits per heavy atom. The van der Waals surface area contributed by atoms with Gasteiger partial charge in [-0.2, -0.15) is 0 Å². The largest absolute Gasteiger partial charge is 0.463 e. The number of hydrogen-bond acceptors (Lipinski definition) is 9. The predicted molar refractivity (Wildman–Crippen MR) is 256 cm³/mol. The maximum atomic E-state index is 12.9. The van der Waals surface area contributed by atoms with Gasteiger partial charge in [-0.1, -0.05) is 194 Å². The van der Waals surface area contributed by atoms with Gasteiger partial charge in [0.05, 0.1) is 18.4 Å². The van der Waals surface area contributed by atoms with Crippen molar-refractivity contribution >= 4 is 23.9 Å². The first-order chi connectivity index (χ1) is 30.4. The van der Waals surface area contributed by atoms with Crippen LogP contribution >= 0.6 is 0 Å². The first-order valence-electron chi connectivity index (χ1n) is 26.0. The van der Waals surface area contributed by atoms with Crippen LogP contribution in [0.4, 0.5) is 0 Å². The van der Waals surface area contributed by atoms with Crippen molar-refractivity contribution in [2.45, 2.75) is 271 Å². The summed E-state index contributed by atoms with van der Waals surface area (Å²) < 4.78 is 27.0. The lowest BCUT2D eigenvalue weighted by Gasteiger charge is -2.28. The summed E-state index contributed by atoms with van der Waals surface area (Å²) in [7, 11) is 1.53. The van der Waals surface area contributed by atoms with Gasteiger partial charge in [0, 0.05) is 39.7 Å². The van der Waals surface area contributed by atoms with E-state index in [-0.39, 0.29) is 58.1 Å². The molecule has 0 aliphatic carbocycles. The molecular weight excluding hydrogens is 795 g/mol. The van der Waals surface area contributed by atoms with Crippen molar-refractivity contribution in [1.29, 1.82) is 0 Å². The molecule has 0 N–H and O–H groups in total. The van der Waals surface area contributed by atoms with Crippen LogP contribution in [0.15, 0.2) is 0 Å². The molecule has 63 heavy (non-hydrogen) atoms. The van der Waals surface area contributed by atoms with Crippen molar-refractivity contribution in [3.8, 4) is 0 Å². The van der Waals surface area contributed by atoms with Gasteiger partial charge in [-0.3, -0.25) is 19.2 Å². The van der Waals surface area contributed by atoms with Gasteiger partial charge in [0.15, 0.2) is 6.10 Å². The molecular formula is C53H97NO9. The molecule has 0 aliphatic heterocycles. The van der Waals surface area contributed by atoms with E-state index in [4.69, 9.17) is 30.3 Å². The third-order valence-corrected chi connectivity index (χ3v) is 12.2. The van der Waals surface area contributed by atoms with Gasteiger partial charge >= 0.3 is 23.9 Å². The van der Waals surface area contributed by atoms with Gasteiger partial charge in [-0.15, -0.1) is 0 Å². The molecule has 0 amide bonds. The van der Waals surface area contributed by atoms with Crippen molar-refractivity contribution in [2.75, 3.05) is 33.5 Å². The third kappa shape index (κ3) is 38.3. The van der Waals surface area contributed by atoms with Crippen LogP contribution in [0.2, 0.25) is 0 Å². The molecule has 0 heterocycles. The van der Waals surface area contributed by atoms with Gasteiger partial charge in [-0.05, 0) is 26.7 Å². The van der Waals surface area contributed by atoms with Crippen molar-refractivity contribution in [1.82, 2.24) is 0 Å². The second-order valence-electron chi connectivity index (χ2n) is 19.2. The Balaban J connectivity index is 4.74. The Morgan fingerprint density at radius 2 is 0.825 bits per heavy atom. The van der Waals surface area contributed by atoms with E-state index in [1.165, 1.54) is 161 Å². The molecule has 0 aromatic rings. The normalized spacial score (nSPS) is 12.9. The molecule has 0 saturated heterocycles. The minimum atomic E-state index is -1.01. The van der Waals surface area contributed by atoms with Gasteiger partial charge < -0.3 is 28.5 Å². The molecule has 10 nitrogen and oxygen atoms in total. The highest BCUT2D eigenvalue weighted by Crippen LogP contribution is 2.35. The fourth-order valence-electron chi connectivity index (χ4n) is 8.15. The summed E-state index contributed by atoms with van der Waals surface area (Å²) >= 11 is 0. The zero-order chi connectivity index (χ0) is 46.7. The molecule has 0 radical (unpaired) electrons. The van der Waals surface area contributed by atoms with E-state index in [1.54, 1.807) is 20.8 Å². The molecule has 0 aliphatic rings. The molecule has 10 heteroatoms. The number of carbonyl (C=O) groups excluding carboxylic acids is 4. The van der Waals surface area contributed by atoms with Crippen molar-refractivity contribution in [3.05, 3.63) is 11.4 Å². The molecule has 368 valence electrons. The zero-order valence-electron chi connectivity index (χ0n) is 41.8. The van der Waals surface area contributed by atoms with Gasteiger partial charge in [0.1, 0.15) is 19.8 Å². The first-order valence-corrected chi connectivity index (χ1v) is 26.0. The smallest absolute Gasteiger partial charge is 0.311 e. The van der Waals surface area contributed by atoms with Crippen LogP contribution in [-0.4, -0.2) is 69.1 Å². The van der Waals surface area contributed by atoms with E-state index in [9.17, 15) is 19.2 Å². The lowest BCUT2D eigenvalue weighted by Crippen LogP contribution is -2.36. The van der Waals surface area contributed by atoms with Crippen molar-refractivity contribution in [3.63, 3.8) is 0 Å². The summed E-state index contributed by atoms with van der Waals surface area (Å²) in [5.74, 6) is -1.74. The number of unbranched alkanes of at least 4 members (excludes halogenated alkanes) is 28. The standard InChI is InChI=1S/C53H97NO9/c1-8-10-12-14-16-18-20-22-24-26-28-30-32-34-36-38-48(55)61-44-47(63-50(57)39-37-35-33-31-29-27-25-23-21-19-17-15-13-11-9-2)45-62-49(56)40-41-53(5,54-6)46-52(3,4)51(58)60-43-42-59-7/h47H,8-46H2,1-5,7H3/t47-,53?/m1/s1. The Bertz CT molecular complexity index is 1170. The van der Waals surface area contributed by atoms with E-state index in [0.29, 0.717) is 12.8 Å². The Kier molecular flexibility index (Phi) is 40.2. The molecule has 0 bridgehead atoms. The van der Waals surface area contributed by atoms with Crippen LogP contribution < -0.4 is 0 Å². The Hall–Kier alpha value is -2.67. The van der Waals surface area contributed by atoms with Crippen LogP contribution in [0.1, 0.15) is 259 Å². The van der Waals surface area contributed by atoms with Crippen LogP contribution in [0, 0.1) is 12.0 Å². The average Bonchev–Trinajstić information content (AvgIpc) is 3.26. The summed E-state index contributed by atoms with van der Waals surface area (Å²) in [5.41, 5.74) is -1.95. The Morgan fingerprint density at radius 3 is 1.19 bits per heavy atom. The summed E-state index contributed by atoms with van der Waals surface area (Å²) in [6, 6.07) is 0. The third-order valence-electron chi connectivity index (χ3n) is 12.2. The zero-order valence-corrected chi connectivity index (χ0v) is 41.8. The van der Waals surface area contributed by atoms with Gasteiger partial charge in [-0.25, -0.2) is 6.57 Å². The summed E-state index contributed by atoms with van der Waals surface area (Å²) in [6.07, 6.45) is 37.2. The van der Waals surface area contributed by atoms with Crippen LogP contribution in [0.5, 0.6) is 0 Å². The van der Waals surface area contributed by atoms with E-state index in [0.717, 1.165) is 32.1 Å². The van der Waals surface area contributed by atoms with Crippen LogP contribution in [0.3, 0.4) is 0 Å². The van der Waals surface area contributed by atoms with Gasteiger partial charge in [0.2, 0.25) is 5.54 Å². The maximum absolute atomic E-state index is 12.9. The molecule has 0 aromatic carbocycles. The summed E-state index contributed by atoms with van der Waals surface area (Å²) in [4.78, 5) is 54.9. The molecule has 2 atom stereocenters. The van der Waals surface area contributed by atoms with E-state index in [2.05, 4.69) is 18.7 Å². The highest BCUT2D eigenvalue weighted by atomic mass is 16.6. The maximum Gasteiger partial charge on any atom is 0.311 e. The predicted octanol–water partition coefficient (Wildman–Crippen LogP) is 14.6. The molecule has 0 aromatic heterocycles. The number of rotatable bonds is 46. The number of hydrogen-bond donors (Lipinski definition) is 0. The fourth-order valence-corrected chi connectivity index (χ4v) is 8.15. The number of methoxy groups -OCH3 is 1. The van der Waals surface area contributed by atoms with Crippen LogP contribution in [0.25, 0.3) is 4.85 Å². The number of esters is 4. The minimum Gasteiger partial charge on any atom is -0.463 e. The monoisotopic (exact) mass is 892 g/mol. The molecule has 0 fully saturated rings. The quantitative estimate of drug-likeness (QED) is 0.0255. The highest BCUT2D eigenvalue weighted by molar-refractivity contribution is 5.76.